The molecule has 1 saturated heterocycles. The molecule has 100 valence electrons. The van der Waals surface area contributed by atoms with Gasteiger partial charge in [-0.15, -0.1) is 0 Å². The van der Waals surface area contributed by atoms with Crippen molar-refractivity contribution in [2.75, 3.05) is 13.2 Å². The molecule has 0 bridgehead atoms. The normalized spacial score (nSPS) is 23.6. The lowest BCUT2D eigenvalue weighted by molar-refractivity contribution is 0.0229. The van der Waals surface area contributed by atoms with Crippen molar-refractivity contribution in [1.82, 2.24) is 0 Å². The van der Waals surface area contributed by atoms with Crippen LogP contribution in [-0.4, -0.2) is 18.3 Å². The second-order valence-corrected chi connectivity index (χ2v) is 7.62. The van der Waals surface area contributed by atoms with Gasteiger partial charge in [-0.25, -0.2) is 0 Å². The van der Waals surface area contributed by atoms with Crippen molar-refractivity contribution >= 4 is 7.60 Å². The zero-order valence-corrected chi connectivity index (χ0v) is 11.8. The monoisotopic (exact) mass is 270 g/mol. The first kappa shape index (κ1) is 13.8. The molecule has 0 spiro atoms. The molecule has 1 aliphatic heterocycles. The highest BCUT2D eigenvalue weighted by atomic mass is 31.2. The van der Waals surface area contributed by atoms with E-state index >= 15 is 0 Å². The molecule has 0 radical (unpaired) electrons. The van der Waals surface area contributed by atoms with Gasteiger partial charge in [0.2, 0.25) is 0 Å². The number of aliphatic hydroxyl groups is 1. The minimum absolute atomic E-state index is 0.166. The van der Waals surface area contributed by atoms with Crippen LogP contribution in [0.4, 0.5) is 0 Å². The van der Waals surface area contributed by atoms with Gasteiger partial charge in [0.1, 0.15) is 0 Å². The molecule has 1 fully saturated rings. The molecule has 1 unspecified atom stereocenters. The van der Waals surface area contributed by atoms with Gasteiger partial charge in [-0.2, -0.15) is 0 Å². The van der Waals surface area contributed by atoms with E-state index in [-0.39, 0.29) is 5.41 Å². The zero-order chi connectivity index (χ0) is 13.4. The van der Waals surface area contributed by atoms with Crippen LogP contribution in [0, 0.1) is 12.3 Å². The average Bonchev–Trinajstić information content (AvgIpc) is 2.32. The first-order chi connectivity index (χ1) is 8.32. The second kappa shape index (κ2) is 4.78. The molecule has 5 heteroatoms. The van der Waals surface area contributed by atoms with Crippen molar-refractivity contribution in [1.29, 1.82) is 0 Å². The number of hydrogen-bond donors (Lipinski definition) is 1. The van der Waals surface area contributed by atoms with E-state index < -0.39 is 13.4 Å². The van der Waals surface area contributed by atoms with Crippen LogP contribution in [0.15, 0.2) is 24.3 Å². The maximum Gasteiger partial charge on any atom is 0.363 e. The molecule has 1 aliphatic rings. The molecule has 1 N–H and O–H groups in total. The Morgan fingerprint density at radius 3 is 2.50 bits per heavy atom. The first-order valence-corrected chi connectivity index (χ1v) is 7.57. The highest BCUT2D eigenvalue weighted by Gasteiger charge is 2.42. The molecule has 1 atom stereocenters. The van der Waals surface area contributed by atoms with Crippen LogP contribution in [-0.2, 0) is 13.6 Å². The van der Waals surface area contributed by atoms with E-state index in [0.717, 1.165) is 5.56 Å². The third-order valence-electron chi connectivity index (χ3n) is 2.91. The maximum atomic E-state index is 12.4. The van der Waals surface area contributed by atoms with Gasteiger partial charge >= 0.3 is 7.60 Å². The molecule has 0 amide bonds. The third kappa shape index (κ3) is 2.83. The van der Waals surface area contributed by atoms with Crippen molar-refractivity contribution in [3.05, 3.63) is 35.4 Å². The Hall–Kier alpha value is -0.670. The Kier molecular flexibility index (Phi) is 3.65. The molecular weight excluding hydrogens is 251 g/mol. The number of aryl methyl sites for hydroxylation is 1. The smallest absolute Gasteiger partial charge is 0.363 e. The van der Waals surface area contributed by atoms with Gasteiger partial charge in [0.15, 0.2) is 5.85 Å². The van der Waals surface area contributed by atoms with Crippen molar-refractivity contribution in [2.24, 2.45) is 5.41 Å². The Morgan fingerprint density at radius 2 is 1.94 bits per heavy atom. The highest BCUT2D eigenvalue weighted by molar-refractivity contribution is 7.54. The summed E-state index contributed by atoms with van der Waals surface area (Å²) in [5.74, 6) is -1.21. The van der Waals surface area contributed by atoms with Crippen molar-refractivity contribution < 1.29 is 18.7 Å². The van der Waals surface area contributed by atoms with Gasteiger partial charge in [0.25, 0.3) is 0 Å². The topological polar surface area (TPSA) is 55.8 Å². The van der Waals surface area contributed by atoms with Crippen molar-refractivity contribution in [3.63, 3.8) is 0 Å². The minimum Gasteiger partial charge on any atom is -0.376 e. The van der Waals surface area contributed by atoms with Gasteiger partial charge in [0.05, 0.1) is 13.2 Å². The Labute approximate surface area is 107 Å². The largest absolute Gasteiger partial charge is 0.376 e. The average molecular weight is 270 g/mol. The number of aliphatic hydroxyl groups excluding tert-OH is 1. The molecule has 0 aliphatic carbocycles. The van der Waals surface area contributed by atoms with Crippen LogP contribution in [0.5, 0.6) is 0 Å². The van der Waals surface area contributed by atoms with Crippen LogP contribution in [0.2, 0.25) is 0 Å². The van der Waals surface area contributed by atoms with Crippen LogP contribution in [0.25, 0.3) is 0 Å². The van der Waals surface area contributed by atoms with Crippen LogP contribution < -0.4 is 0 Å². The van der Waals surface area contributed by atoms with Gasteiger partial charge in [-0.1, -0.05) is 43.7 Å². The molecule has 1 aromatic rings. The van der Waals surface area contributed by atoms with Crippen molar-refractivity contribution in [3.8, 4) is 0 Å². The van der Waals surface area contributed by atoms with E-state index in [1.165, 1.54) is 0 Å². The first-order valence-electron chi connectivity index (χ1n) is 5.96. The van der Waals surface area contributed by atoms with Gasteiger partial charge in [-0.05, 0) is 12.5 Å². The van der Waals surface area contributed by atoms with Gasteiger partial charge in [0, 0.05) is 5.41 Å². The standard InChI is InChI=1S/C13H19O4P/c1-10-5-4-6-11(7-10)12(14)18(15)16-8-13(2,3)9-17-18/h4-7,12,14H,8-9H2,1-3H3. The van der Waals surface area contributed by atoms with E-state index in [0.29, 0.717) is 18.8 Å². The fraction of sp³-hybridized carbons (Fsp3) is 0.538. The summed E-state index contributed by atoms with van der Waals surface area (Å²) in [7, 11) is -3.47. The molecule has 2 rings (SSSR count). The third-order valence-corrected chi connectivity index (χ3v) is 4.79. The summed E-state index contributed by atoms with van der Waals surface area (Å²) in [4.78, 5) is 0. The van der Waals surface area contributed by atoms with E-state index in [4.69, 9.17) is 9.05 Å². The molecule has 1 aromatic carbocycles. The summed E-state index contributed by atoms with van der Waals surface area (Å²) in [6.45, 7) is 6.50. The Balaban J connectivity index is 2.19. The summed E-state index contributed by atoms with van der Waals surface area (Å²) in [6.07, 6.45) is 0. The Bertz CT molecular complexity index is 470. The molecule has 0 aromatic heterocycles. The maximum absolute atomic E-state index is 12.4. The molecular formula is C13H19O4P. The summed E-state index contributed by atoms with van der Waals surface area (Å²) in [6, 6.07) is 7.24. The summed E-state index contributed by atoms with van der Waals surface area (Å²) in [5, 5.41) is 10.2. The predicted octanol–water partition coefficient (Wildman–Crippen LogP) is 3.25. The van der Waals surface area contributed by atoms with E-state index in [1.54, 1.807) is 12.1 Å². The number of hydrogen-bond acceptors (Lipinski definition) is 4. The molecule has 0 saturated carbocycles. The van der Waals surface area contributed by atoms with E-state index in [9.17, 15) is 9.67 Å². The predicted molar refractivity (Wildman–Crippen MR) is 69.4 cm³/mol. The molecule has 1 heterocycles. The number of benzene rings is 1. The van der Waals surface area contributed by atoms with Gasteiger partial charge < -0.3 is 14.2 Å². The lowest BCUT2D eigenvalue weighted by Crippen LogP contribution is -2.30. The van der Waals surface area contributed by atoms with Crippen molar-refractivity contribution in [2.45, 2.75) is 26.6 Å². The van der Waals surface area contributed by atoms with Crippen LogP contribution in [0.1, 0.15) is 30.8 Å². The molecule has 18 heavy (non-hydrogen) atoms. The second-order valence-electron chi connectivity index (χ2n) is 5.54. The number of rotatable bonds is 2. The van der Waals surface area contributed by atoms with Crippen LogP contribution >= 0.6 is 7.60 Å². The van der Waals surface area contributed by atoms with Gasteiger partial charge in [-0.3, -0.25) is 4.57 Å². The quantitative estimate of drug-likeness (QED) is 0.838. The summed E-state index contributed by atoms with van der Waals surface area (Å²) < 4.78 is 23.1. The lowest BCUT2D eigenvalue weighted by atomic mass is 9.97. The minimum atomic E-state index is -3.47. The lowest BCUT2D eigenvalue weighted by Gasteiger charge is -2.35. The van der Waals surface area contributed by atoms with E-state index in [1.807, 2.05) is 32.9 Å². The van der Waals surface area contributed by atoms with E-state index in [2.05, 4.69) is 0 Å². The summed E-state index contributed by atoms with van der Waals surface area (Å²) in [5.41, 5.74) is 1.40. The van der Waals surface area contributed by atoms with Crippen LogP contribution in [0.3, 0.4) is 0 Å². The summed E-state index contributed by atoms with van der Waals surface area (Å²) >= 11 is 0. The SMILES string of the molecule is Cc1cccc(C(O)P2(=O)OCC(C)(C)CO2)c1. The fourth-order valence-corrected chi connectivity index (χ4v) is 3.70. The fourth-order valence-electron chi connectivity index (χ4n) is 1.76. The Morgan fingerprint density at radius 1 is 1.33 bits per heavy atom. The molecule has 4 nitrogen and oxygen atoms in total. The highest BCUT2D eigenvalue weighted by Crippen LogP contribution is 2.62. The zero-order valence-electron chi connectivity index (χ0n) is 10.9.